The fourth-order valence-corrected chi connectivity index (χ4v) is 2.43. The highest BCUT2D eigenvalue weighted by Gasteiger charge is 2.09. The summed E-state index contributed by atoms with van der Waals surface area (Å²) in [4.78, 5) is 0. The predicted molar refractivity (Wildman–Crippen MR) is 82.2 cm³/mol. The van der Waals surface area contributed by atoms with Gasteiger partial charge in [0.05, 0.1) is 6.04 Å². The molecule has 3 heteroatoms. The molecule has 0 radical (unpaired) electrons. The molecule has 0 aliphatic rings. The van der Waals surface area contributed by atoms with Gasteiger partial charge >= 0.3 is 0 Å². The molecule has 0 bridgehead atoms. The average molecular weight is 325 g/mol. The van der Waals surface area contributed by atoms with Gasteiger partial charge in [0.2, 0.25) is 0 Å². The van der Waals surface area contributed by atoms with Gasteiger partial charge in [0, 0.05) is 15.2 Å². The standard InChI is InChI=1S/C15H15BrClN/c1-2-15(11-4-3-5-12(16)10-11)18-14-8-6-13(17)7-9-14/h3-10,15,18H,2H2,1H3. The number of hydrogen-bond donors (Lipinski definition) is 1. The fraction of sp³-hybridized carbons (Fsp3) is 0.200. The van der Waals surface area contributed by atoms with Crippen LogP contribution in [0.5, 0.6) is 0 Å². The SMILES string of the molecule is CCC(Nc1ccc(Cl)cc1)c1cccc(Br)c1. The van der Waals surface area contributed by atoms with Gasteiger partial charge in [-0.05, 0) is 48.4 Å². The van der Waals surface area contributed by atoms with Crippen LogP contribution in [-0.4, -0.2) is 0 Å². The maximum atomic E-state index is 5.89. The van der Waals surface area contributed by atoms with Crippen molar-refractivity contribution < 1.29 is 0 Å². The normalized spacial score (nSPS) is 12.2. The van der Waals surface area contributed by atoms with Crippen LogP contribution in [0.2, 0.25) is 5.02 Å². The zero-order valence-corrected chi connectivity index (χ0v) is 12.5. The van der Waals surface area contributed by atoms with Gasteiger partial charge in [0.1, 0.15) is 0 Å². The lowest BCUT2D eigenvalue weighted by Gasteiger charge is -2.19. The van der Waals surface area contributed by atoms with Crippen LogP contribution in [0.3, 0.4) is 0 Å². The molecule has 1 atom stereocenters. The van der Waals surface area contributed by atoms with E-state index in [-0.39, 0.29) is 0 Å². The third-order valence-corrected chi connectivity index (χ3v) is 3.59. The first-order valence-corrected chi connectivity index (χ1v) is 7.13. The van der Waals surface area contributed by atoms with E-state index < -0.39 is 0 Å². The molecule has 2 aromatic rings. The zero-order chi connectivity index (χ0) is 13.0. The molecular weight excluding hydrogens is 310 g/mol. The minimum Gasteiger partial charge on any atom is -0.378 e. The second-order valence-electron chi connectivity index (χ2n) is 4.17. The number of halogens is 2. The van der Waals surface area contributed by atoms with Crippen LogP contribution in [0.4, 0.5) is 5.69 Å². The molecule has 0 amide bonds. The Bertz CT molecular complexity index is 510. The van der Waals surface area contributed by atoms with E-state index in [1.807, 2.05) is 30.3 Å². The van der Waals surface area contributed by atoms with Gasteiger partial charge in [0.25, 0.3) is 0 Å². The second-order valence-corrected chi connectivity index (χ2v) is 5.52. The van der Waals surface area contributed by atoms with E-state index in [1.165, 1.54) is 5.56 Å². The van der Waals surface area contributed by atoms with Gasteiger partial charge in [0.15, 0.2) is 0 Å². The molecule has 0 aliphatic carbocycles. The predicted octanol–water partition coefficient (Wildman–Crippen LogP) is 5.67. The minimum atomic E-state index is 0.309. The summed E-state index contributed by atoms with van der Waals surface area (Å²) in [5.74, 6) is 0. The Morgan fingerprint density at radius 3 is 2.50 bits per heavy atom. The summed E-state index contributed by atoms with van der Waals surface area (Å²) in [5, 5.41) is 4.28. The second kappa shape index (κ2) is 6.26. The first kappa shape index (κ1) is 13.4. The molecule has 94 valence electrons. The maximum absolute atomic E-state index is 5.89. The molecular formula is C15H15BrClN. The van der Waals surface area contributed by atoms with Crippen LogP contribution in [0.1, 0.15) is 24.9 Å². The molecule has 0 saturated carbocycles. The van der Waals surface area contributed by atoms with Crippen molar-refractivity contribution in [3.05, 3.63) is 63.6 Å². The molecule has 2 aromatic carbocycles. The van der Waals surface area contributed by atoms with Crippen molar-refractivity contribution in [3.63, 3.8) is 0 Å². The van der Waals surface area contributed by atoms with Crippen LogP contribution in [0, 0.1) is 0 Å². The van der Waals surface area contributed by atoms with Gasteiger partial charge in [-0.15, -0.1) is 0 Å². The first-order chi connectivity index (χ1) is 8.69. The number of benzene rings is 2. The fourth-order valence-electron chi connectivity index (χ4n) is 1.89. The molecule has 1 N–H and O–H groups in total. The monoisotopic (exact) mass is 323 g/mol. The van der Waals surface area contributed by atoms with E-state index in [4.69, 9.17) is 11.6 Å². The zero-order valence-electron chi connectivity index (χ0n) is 10.2. The van der Waals surface area contributed by atoms with E-state index in [2.05, 4.69) is 46.4 Å². The Kier molecular flexibility index (Phi) is 4.67. The van der Waals surface area contributed by atoms with E-state index in [0.717, 1.165) is 21.6 Å². The highest BCUT2D eigenvalue weighted by molar-refractivity contribution is 9.10. The van der Waals surface area contributed by atoms with E-state index in [9.17, 15) is 0 Å². The lowest BCUT2D eigenvalue weighted by molar-refractivity contribution is 0.749. The first-order valence-electron chi connectivity index (χ1n) is 5.96. The van der Waals surface area contributed by atoms with Gasteiger partial charge in [-0.25, -0.2) is 0 Å². The summed E-state index contributed by atoms with van der Waals surface area (Å²) in [6, 6.07) is 16.5. The largest absolute Gasteiger partial charge is 0.378 e. The molecule has 0 heterocycles. The Morgan fingerprint density at radius 2 is 1.89 bits per heavy atom. The molecule has 0 saturated heterocycles. The van der Waals surface area contributed by atoms with Crippen molar-refractivity contribution in [2.45, 2.75) is 19.4 Å². The average Bonchev–Trinajstić information content (AvgIpc) is 2.38. The lowest BCUT2D eigenvalue weighted by Crippen LogP contribution is -2.09. The molecule has 1 unspecified atom stereocenters. The summed E-state index contributed by atoms with van der Waals surface area (Å²) in [5.41, 5.74) is 2.37. The van der Waals surface area contributed by atoms with Gasteiger partial charge < -0.3 is 5.32 Å². The van der Waals surface area contributed by atoms with Crippen molar-refractivity contribution in [3.8, 4) is 0 Å². The number of anilines is 1. The van der Waals surface area contributed by atoms with Crippen molar-refractivity contribution in [1.29, 1.82) is 0 Å². The number of rotatable bonds is 4. The van der Waals surface area contributed by atoms with Gasteiger partial charge in [-0.3, -0.25) is 0 Å². The van der Waals surface area contributed by atoms with Gasteiger partial charge in [-0.1, -0.05) is 46.6 Å². The van der Waals surface area contributed by atoms with Crippen LogP contribution in [0.15, 0.2) is 53.0 Å². The topological polar surface area (TPSA) is 12.0 Å². The summed E-state index contributed by atoms with van der Waals surface area (Å²) in [6.45, 7) is 2.18. The Labute approximate surface area is 121 Å². The maximum Gasteiger partial charge on any atom is 0.0511 e. The van der Waals surface area contributed by atoms with Crippen molar-refractivity contribution >= 4 is 33.2 Å². The minimum absolute atomic E-state index is 0.309. The van der Waals surface area contributed by atoms with Crippen molar-refractivity contribution in [1.82, 2.24) is 0 Å². The summed E-state index contributed by atoms with van der Waals surface area (Å²) in [7, 11) is 0. The van der Waals surface area contributed by atoms with E-state index in [1.54, 1.807) is 0 Å². The molecule has 1 nitrogen and oxygen atoms in total. The third-order valence-electron chi connectivity index (χ3n) is 2.84. The van der Waals surface area contributed by atoms with Crippen LogP contribution in [-0.2, 0) is 0 Å². The summed E-state index contributed by atoms with van der Waals surface area (Å²) in [6.07, 6.45) is 1.03. The Balaban J connectivity index is 2.17. The lowest BCUT2D eigenvalue weighted by atomic mass is 10.0. The molecule has 2 rings (SSSR count). The molecule has 0 aliphatic heterocycles. The van der Waals surface area contributed by atoms with E-state index in [0.29, 0.717) is 6.04 Å². The third kappa shape index (κ3) is 3.50. The Hall–Kier alpha value is -0.990. The van der Waals surface area contributed by atoms with Crippen molar-refractivity contribution in [2.75, 3.05) is 5.32 Å². The Morgan fingerprint density at radius 1 is 1.17 bits per heavy atom. The summed E-state index contributed by atoms with van der Waals surface area (Å²) >= 11 is 9.40. The van der Waals surface area contributed by atoms with Crippen LogP contribution >= 0.6 is 27.5 Å². The molecule has 0 spiro atoms. The van der Waals surface area contributed by atoms with Crippen LogP contribution in [0.25, 0.3) is 0 Å². The summed E-state index contributed by atoms with van der Waals surface area (Å²) < 4.78 is 1.11. The quantitative estimate of drug-likeness (QED) is 0.764. The van der Waals surface area contributed by atoms with Gasteiger partial charge in [-0.2, -0.15) is 0 Å². The molecule has 0 fully saturated rings. The van der Waals surface area contributed by atoms with E-state index >= 15 is 0 Å². The number of hydrogen-bond acceptors (Lipinski definition) is 1. The highest BCUT2D eigenvalue weighted by atomic mass is 79.9. The highest BCUT2D eigenvalue weighted by Crippen LogP contribution is 2.25. The number of nitrogens with one attached hydrogen (secondary N) is 1. The molecule has 18 heavy (non-hydrogen) atoms. The molecule has 0 aromatic heterocycles. The van der Waals surface area contributed by atoms with Crippen molar-refractivity contribution in [2.24, 2.45) is 0 Å². The smallest absolute Gasteiger partial charge is 0.0511 e. The van der Waals surface area contributed by atoms with Crippen LogP contribution < -0.4 is 5.32 Å².